The first kappa shape index (κ1) is 16.8. The second-order valence-electron chi connectivity index (χ2n) is 4.25. The van der Waals surface area contributed by atoms with E-state index in [1.165, 1.54) is 13.2 Å². The minimum Gasteiger partial charge on any atom is -0.493 e. The normalized spacial score (nSPS) is 10.9. The van der Waals surface area contributed by atoms with Crippen molar-refractivity contribution in [2.75, 3.05) is 32.3 Å². The van der Waals surface area contributed by atoms with Gasteiger partial charge in [-0.3, -0.25) is 0 Å². The summed E-state index contributed by atoms with van der Waals surface area (Å²) in [5.74, 6) is 0.193. The maximum Gasteiger partial charge on any atom is 0.354 e. The first-order chi connectivity index (χ1) is 10.1. The summed E-state index contributed by atoms with van der Waals surface area (Å²) in [6.07, 6.45) is 3.95. The monoisotopic (exact) mass is 291 g/mol. The molecule has 5 heteroatoms. The molecular weight excluding hydrogens is 270 g/mol. The van der Waals surface area contributed by atoms with Crippen molar-refractivity contribution in [3.8, 4) is 5.75 Å². The number of rotatable bonds is 8. The highest BCUT2D eigenvalue weighted by molar-refractivity contribution is 5.92. The van der Waals surface area contributed by atoms with E-state index in [1.807, 2.05) is 24.3 Å². The highest BCUT2D eigenvalue weighted by Crippen LogP contribution is 2.23. The van der Waals surface area contributed by atoms with Gasteiger partial charge in [0.25, 0.3) is 0 Å². The van der Waals surface area contributed by atoms with Crippen LogP contribution in [0.15, 0.2) is 48.7 Å². The van der Waals surface area contributed by atoms with Crippen LogP contribution in [0.5, 0.6) is 5.75 Å². The van der Waals surface area contributed by atoms with Gasteiger partial charge in [-0.05, 0) is 24.6 Å². The third kappa shape index (κ3) is 4.96. The van der Waals surface area contributed by atoms with Crippen molar-refractivity contribution in [3.63, 3.8) is 0 Å². The minimum atomic E-state index is -0.510. The Morgan fingerprint density at radius 1 is 1.48 bits per heavy atom. The zero-order valence-electron chi connectivity index (χ0n) is 12.4. The van der Waals surface area contributed by atoms with Gasteiger partial charge in [-0.2, -0.15) is 0 Å². The van der Waals surface area contributed by atoms with Crippen LogP contribution in [0.4, 0.5) is 5.69 Å². The smallest absolute Gasteiger partial charge is 0.354 e. The van der Waals surface area contributed by atoms with Gasteiger partial charge < -0.3 is 19.5 Å². The molecule has 0 aromatic heterocycles. The van der Waals surface area contributed by atoms with Crippen LogP contribution in [0, 0.1) is 0 Å². The Kier molecular flexibility index (Phi) is 7.04. The lowest BCUT2D eigenvalue weighted by Gasteiger charge is -2.21. The standard InChI is InChI=1S/C16H21NO4/c1-4-5-11-21-14-8-6-7-13(12-14)17(2)15(9-10-18)16(19)20-3/h4,6-9,12,18H,1,5,10-11H2,2-3H3/b15-9-. The van der Waals surface area contributed by atoms with E-state index in [9.17, 15) is 4.79 Å². The van der Waals surface area contributed by atoms with Gasteiger partial charge in [0.15, 0.2) is 0 Å². The Morgan fingerprint density at radius 3 is 2.86 bits per heavy atom. The lowest BCUT2D eigenvalue weighted by molar-refractivity contribution is -0.136. The van der Waals surface area contributed by atoms with Crippen LogP contribution in [-0.4, -0.2) is 38.4 Å². The second kappa shape index (κ2) is 8.81. The number of aliphatic hydroxyl groups excluding tert-OH is 1. The third-order valence-electron chi connectivity index (χ3n) is 2.84. The molecular formula is C16H21NO4. The van der Waals surface area contributed by atoms with Gasteiger partial charge in [-0.15, -0.1) is 6.58 Å². The van der Waals surface area contributed by atoms with Gasteiger partial charge in [0.2, 0.25) is 0 Å². The number of carbonyl (C=O) groups excluding carboxylic acids is 1. The summed E-state index contributed by atoms with van der Waals surface area (Å²) in [6, 6.07) is 7.34. The summed E-state index contributed by atoms with van der Waals surface area (Å²) < 4.78 is 10.3. The number of esters is 1. The van der Waals surface area contributed by atoms with E-state index in [0.29, 0.717) is 12.4 Å². The Balaban J connectivity index is 2.92. The number of hydrogen-bond donors (Lipinski definition) is 1. The molecule has 0 fully saturated rings. The average Bonchev–Trinajstić information content (AvgIpc) is 2.52. The number of benzene rings is 1. The molecule has 0 bridgehead atoms. The maximum absolute atomic E-state index is 11.7. The summed E-state index contributed by atoms with van der Waals surface area (Å²) in [7, 11) is 3.03. The molecule has 0 spiro atoms. The quantitative estimate of drug-likeness (QED) is 0.344. The highest BCUT2D eigenvalue weighted by atomic mass is 16.5. The summed E-state index contributed by atoms with van der Waals surface area (Å²) in [5, 5.41) is 9.03. The molecule has 1 rings (SSSR count). The van der Waals surface area contributed by atoms with Crippen molar-refractivity contribution in [3.05, 3.63) is 48.7 Å². The molecule has 1 N–H and O–H groups in total. The highest BCUT2D eigenvalue weighted by Gasteiger charge is 2.16. The van der Waals surface area contributed by atoms with E-state index < -0.39 is 5.97 Å². The SMILES string of the molecule is C=CCCOc1cccc(N(C)/C(=C\CO)C(=O)OC)c1. The summed E-state index contributed by atoms with van der Waals surface area (Å²) in [4.78, 5) is 13.4. The van der Waals surface area contributed by atoms with Crippen molar-refractivity contribution in [2.45, 2.75) is 6.42 Å². The zero-order chi connectivity index (χ0) is 15.7. The summed E-state index contributed by atoms with van der Waals surface area (Å²) >= 11 is 0. The molecule has 0 heterocycles. The molecule has 0 radical (unpaired) electrons. The molecule has 1 aromatic carbocycles. The molecule has 0 atom stereocenters. The predicted molar refractivity (Wildman–Crippen MR) is 82.3 cm³/mol. The van der Waals surface area contributed by atoms with E-state index in [2.05, 4.69) is 6.58 Å². The van der Waals surface area contributed by atoms with Crippen molar-refractivity contribution < 1.29 is 19.4 Å². The Morgan fingerprint density at radius 2 is 2.24 bits per heavy atom. The molecule has 0 aliphatic rings. The second-order valence-corrected chi connectivity index (χ2v) is 4.25. The fraction of sp³-hybridized carbons (Fsp3) is 0.312. The molecule has 0 unspecified atom stereocenters. The average molecular weight is 291 g/mol. The Bertz CT molecular complexity index is 511. The van der Waals surface area contributed by atoms with Gasteiger partial charge in [-0.1, -0.05) is 12.1 Å². The number of methoxy groups -OCH3 is 1. The molecule has 5 nitrogen and oxygen atoms in total. The minimum absolute atomic E-state index is 0.246. The molecule has 114 valence electrons. The van der Waals surface area contributed by atoms with Gasteiger partial charge in [0.05, 0.1) is 20.3 Å². The van der Waals surface area contributed by atoms with E-state index in [-0.39, 0.29) is 12.3 Å². The Labute approximate surface area is 125 Å². The topological polar surface area (TPSA) is 59.0 Å². The van der Waals surface area contributed by atoms with E-state index in [1.54, 1.807) is 18.0 Å². The number of carbonyl (C=O) groups is 1. The van der Waals surface area contributed by atoms with Gasteiger partial charge in [0, 0.05) is 18.8 Å². The van der Waals surface area contributed by atoms with Crippen molar-refractivity contribution in [1.82, 2.24) is 0 Å². The first-order valence-electron chi connectivity index (χ1n) is 6.60. The van der Waals surface area contributed by atoms with E-state index in [4.69, 9.17) is 14.6 Å². The summed E-state index contributed by atoms with van der Waals surface area (Å²) in [5.41, 5.74) is 1.03. The van der Waals surface area contributed by atoms with Crippen LogP contribution in [0.1, 0.15) is 6.42 Å². The van der Waals surface area contributed by atoms with Gasteiger partial charge in [-0.25, -0.2) is 4.79 Å². The van der Waals surface area contributed by atoms with Crippen LogP contribution >= 0.6 is 0 Å². The molecule has 1 aromatic rings. The number of anilines is 1. The lowest BCUT2D eigenvalue weighted by atomic mass is 10.2. The Hall–Kier alpha value is -2.27. The molecule has 0 amide bonds. The van der Waals surface area contributed by atoms with E-state index in [0.717, 1.165) is 12.1 Å². The molecule has 0 aliphatic carbocycles. The van der Waals surface area contributed by atoms with Crippen molar-refractivity contribution in [1.29, 1.82) is 0 Å². The number of aliphatic hydroxyl groups is 1. The van der Waals surface area contributed by atoms with Gasteiger partial charge >= 0.3 is 5.97 Å². The number of nitrogens with zero attached hydrogens (tertiary/aromatic N) is 1. The van der Waals surface area contributed by atoms with E-state index >= 15 is 0 Å². The largest absolute Gasteiger partial charge is 0.493 e. The molecule has 0 saturated carbocycles. The zero-order valence-corrected chi connectivity index (χ0v) is 12.4. The predicted octanol–water partition coefficient (Wildman–Crippen LogP) is 2.13. The first-order valence-corrected chi connectivity index (χ1v) is 6.60. The van der Waals surface area contributed by atoms with Crippen LogP contribution < -0.4 is 9.64 Å². The van der Waals surface area contributed by atoms with Crippen LogP contribution in [-0.2, 0) is 9.53 Å². The fourth-order valence-corrected chi connectivity index (χ4v) is 1.73. The molecule has 0 saturated heterocycles. The van der Waals surface area contributed by atoms with Gasteiger partial charge in [0.1, 0.15) is 11.4 Å². The van der Waals surface area contributed by atoms with Crippen LogP contribution in [0.3, 0.4) is 0 Å². The van der Waals surface area contributed by atoms with Crippen molar-refractivity contribution in [2.24, 2.45) is 0 Å². The van der Waals surface area contributed by atoms with Crippen LogP contribution in [0.2, 0.25) is 0 Å². The fourth-order valence-electron chi connectivity index (χ4n) is 1.73. The number of likely N-dealkylation sites (N-methyl/N-ethyl adjacent to an activating group) is 1. The summed E-state index contributed by atoms with van der Waals surface area (Å²) in [6.45, 7) is 3.94. The molecule has 21 heavy (non-hydrogen) atoms. The number of ether oxygens (including phenoxy) is 2. The maximum atomic E-state index is 11.7. The lowest BCUT2D eigenvalue weighted by Crippen LogP contribution is -2.24. The van der Waals surface area contributed by atoms with Crippen molar-refractivity contribution >= 4 is 11.7 Å². The van der Waals surface area contributed by atoms with Crippen LogP contribution in [0.25, 0.3) is 0 Å². The number of hydrogen-bond acceptors (Lipinski definition) is 5. The molecule has 0 aliphatic heterocycles. The third-order valence-corrected chi connectivity index (χ3v) is 2.84.